The molecule has 2 rings (SSSR count). The molecule has 0 radical (unpaired) electrons. The van der Waals surface area contributed by atoms with E-state index in [-0.39, 0.29) is 0 Å². The van der Waals surface area contributed by atoms with Crippen LogP contribution in [0.4, 0.5) is 0 Å². The SMILES string of the molecule is Clc1ccc(Cl)c(-c2nccnc2Cl)c1. The molecule has 5 heteroatoms. The molecule has 76 valence electrons. The number of hydrogen-bond acceptors (Lipinski definition) is 2. The maximum atomic E-state index is 6.02. The number of hydrogen-bond donors (Lipinski definition) is 0. The predicted molar refractivity (Wildman–Crippen MR) is 62.5 cm³/mol. The maximum absolute atomic E-state index is 6.02. The molecule has 2 aromatic rings. The Labute approximate surface area is 102 Å². The number of nitrogens with zero attached hydrogens (tertiary/aromatic N) is 2. The van der Waals surface area contributed by atoms with Gasteiger partial charge in [0.15, 0.2) is 5.15 Å². The molecule has 0 unspecified atom stereocenters. The molecule has 0 saturated heterocycles. The van der Waals surface area contributed by atoms with E-state index in [2.05, 4.69) is 9.97 Å². The molecule has 0 aliphatic carbocycles. The van der Waals surface area contributed by atoms with Gasteiger partial charge in [-0.25, -0.2) is 4.98 Å². The predicted octanol–water partition coefficient (Wildman–Crippen LogP) is 4.10. The van der Waals surface area contributed by atoms with Gasteiger partial charge in [-0.15, -0.1) is 0 Å². The van der Waals surface area contributed by atoms with Crippen molar-refractivity contribution in [1.29, 1.82) is 0 Å². The third-order valence-corrected chi connectivity index (χ3v) is 2.68. The first-order valence-electron chi connectivity index (χ1n) is 4.10. The zero-order valence-corrected chi connectivity index (χ0v) is 9.68. The van der Waals surface area contributed by atoms with Crippen molar-refractivity contribution in [2.24, 2.45) is 0 Å². The summed E-state index contributed by atoms with van der Waals surface area (Å²) in [6, 6.07) is 5.11. The van der Waals surface area contributed by atoms with Crippen molar-refractivity contribution >= 4 is 34.8 Å². The summed E-state index contributed by atoms with van der Waals surface area (Å²) in [4.78, 5) is 8.04. The van der Waals surface area contributed by atoms with E-state index in [9.17, 15) is 0 Å². The fraction of sp³-hybridized carbons (Fsp3) is 0. The maximum Gasteiger partial charge on any atom is 0.155 e. The van der Waals surface area contributed by atoms with Gasteiger partial charge in [0.2, 0.25) is 0 Å². The molecule has 0 amide bonds. The van der Waals surface area contributed by atoms with Gasteiger partial charge in [0.05, 0.1) is 5.02 Å². The summed E-state index contributed by atoms with van der Waals surface area (Å²) >= 11 is 17.8. The summed E-state index contributed by atoms with van der Waals surface area (Å²) < 4.78 is 0. The van der Waals surface area contributed by atoms with E-state index in [1.807, 2.05) is 0 Å². The molecule has 0 fully saturated rings. The third kappa shape index (κ3) is 2.23. The van der Waals surface area contributed by atoms with Crippen LogP contribution in [0.3, 0.4) is 0 Å². The van der Waals surface area contributed by atoms with Crippen molar-refractivity contribution in [3.05, 3.63) is 45.8 Å². The quantitative estimate of drug-likeness (QED) is 0.770. The smallest absolute Gasteiger partial charge is 0.155 e. The molecule has 0 saturated carbocycles. The number of aromatic nitrogens is 2. The molecule has 2 nitrogen and oxygen atoms in total. The van der Waals surface area contributed by atoms with Gasteiger partial charge < -0.3 is 0 Å². The second-order valence-electron chi connectivity index (χ2n) is 2.82. The summed E-state index contributed by atoms with van der Waals surface area (Å²) in [7, 11) is 0. The molecule has 0 spiro atoms. The van der Waals surface area contributed by atoms with E-state index >= 15 is 0 Å². The van der Waals surface area contributed by atoms with Gasteiger partial charge in [0.25, 0.3) is 0 Å². The van der Waals surface area contributed by atoms with Crippen LogP contribution < -0.4 is 0 Å². The fourth-order valence-electron chi connectivity index (χ4n) is 1.18. The standard InChI is InChI=1S/C10H5Cl3N2/c11-6-1-2-8(12)7(5-6)9-10(13)15-4-3-14-9/h1-5H. The topological polar surface area (TPSA) is 25.8 Å². The molecule has 1 aromatic heterocycles. The van der Waals surface area contributed by atoms with Gasteiger partial charge in [-0.2, -0.15) is 0 Å². The van der Waals surface area contributed by atoms with Crippen molar-refractivity contribution < 1.29 is 0 Å². The van der Waals surface area contributed by atoms with Crippen LogP contribution in [0, 0.1) is 0 Å². The number of halogens is 3. The highest BCUT2D eigenvalue weighted by Crippen LogP contribution is 2.32. The third-order valence-electron chi connectivity index (χ3n) is 1.84. The molecule has 1 aromatic carbocycles. The van der Waals surface area contributed by atoms with Crippen LogP contribution in [0.1, 0.15) is 0 Å². The first-order chi connectivity index (χ1) is 7.18. The van der Waals surface area contributed by atoms with Crippen LogP contribution in [0.15, 0.2) is 30.6 Å². The molecule has 15 heavy (non-hydrogen) atoms. The first kappa shape index (κ1) is 10.7. The lowest BCUT2D eigenvalue weighted by atomic mass is 10.1. The van der Waals surface area contributed by atoms with Crippen LogP contribution in [0.2, 0.25) is 15.2 Å². The molecule has 0 N–H and O–H groups in total. The molecule has 0 aliphatic heterocycles. The van der Waals surface area contributed by atoms with Crippen LogP contribution in [-0.4, -0.2) is 9.97 Å². The van der Waals surface area contributed by atoms with E-state index in [0.717, 1.165) is 0 Å². The molecule has 0 aliphatic rings. The minimum Gasteiger partial charge on any atom is -0.251 e. The number of rotatable bonds is 1. The van der Waals surface area contributed by atoms with E-state index < -0.39 is 0 Å². The van der Waals surface area contributed by atoms with E-state index in [1.54, 1.807) is 24.4 Å². The molecule has 0 atom stereocenters. The fourth-order valence-corrected chi connectivity index (χ4v) is 1.77. The van der Waals surface area contributed by atoms with E-state index in [0.29, 0.717) is 26.5 Å². The summed E-state index contributed by atoms with van der Waals surface area (Å²) in [6.45, 7) is 0. The van der Waals surface area contributed by atoms with Gasteiger partial charge >= 0.3 is 0 Å². The van der Waals surface area contributed by atoms with Crippen LogP contribution >= 0.6 is 34.8 Å². The molecule has 1 heterocycles. The van der Waals surface area contributed by atoms with Crippen molar-refractivity contribution in [3.63, 3.8) is 0 Å². The molecular formula is C10H5Cl3N2. The van der Waals surface area contributed by atoms with Crippen molar-refractivity contribution in [3.8, 4) is 11.3 Å². The average Bonchev–Trinajstić information content (AvgIpc) is 2.23. The van der Waals surface area contributed by atoms with Crippen molar-refractivity contribution in [1.82, 2.24) is 9.97 Å². The second-order valence-corrected chi connectivity index (χ2v) is 4.02. The van der Waals surface area contributed by atoms with Gasteiger partial charge in [-0.05, 0) is 18.2 Å². The Morgan fingerprint density at radius 2 is 1.67 bits per heavy atom. The van der Waals surface area contributed by atoms with Crippen molar-refractivity contribution in [2.75, 3.05) is 0 Å². The minimum absolute atomic E-state index is 0.307. The minimum atomic E-state index is 0.307. The lowest BCUT2D eigenvalue weighted by Gasteiger charge is -2.04. The highest BCUT2D eigenvalue weighted by Gasteiger charge is 2.09. The highest BCUT2D eigenvalue weighted by molar-refractivity contribution is 6.37. The number of benzene rings is 1. The Kier molecular flexibility index (Phi) is 3.10. The Balaban J connectivity index is 2.64. The van der Waals surface area contributed by atoms with Crippen LogP contribution in [0.5, 0.6) is 0 Å². The largest absolute Gasteiger partial charge is 0.251 e. The summed E-state index contributed by atoms with van der Waals surface area (Å²) in [5.41, 5.74) is 1.22. The van der Waals surface area contributed by atoms with E-state index in [1.165, 1.54) is 6.20 Å². The van der Waals surface area contributed by atoms with Crippen LogP contribution in [-0.2, 0) is 0 Å². The summed E-state index contributed by atoms with van der Waals surface area (Å²) in [6.07, 6.45) is 3.07. The monoisotopic (exact) mass is 258 g/mol. The Hall–Kier alpha value is -0.830. The Morgan fingerprint density at radius 1 is 0.933 bits per heavy atom. The van der Waals surface area contributed by atoms with Crippen molar-refractivity contribution in [2.45, 2.75) is 0 Å². The highest BCUT2D eigenvalue weighted by atomic mass is 35.5. The van der Waals surface area contributed by atoms with Gasteiger partial charge in [-0.3, -0.25) is 4.98 Å². The van der Waals surface area contributed by atoms with Gasteiger partial charge in [0.1, 0.15) is 5.69 Å². The average molecular weight is 260 g/mol. The second kappa shape index (κ2) is 4.35. The molecule has 0 bridgehead atoms. The lowest BCUT2D eigenvalue weighted by molar-refractivity contribution is 1.21. The molecular weight excluding hydrogens is 254 g/mol. The van der Waals surface area contributed by atoms with Gasteiger partial charge in [-0.1, -0.05) is 34.8 Å². The lowest BCUT2D eigenvalue weighted by Crippen LogP contribution is -1.88. The zero-order valence-electron chi connectivity index (χ0n) is 7.42. The normalized spacial score (nSPS) is 10.3. The van der Waals surface area contributed by atoms with Gasteiger partial charge in [0, 0.05) is 23.0 Å². The summed E-state index contributed by atoms with van der Waals surface area (Å²) in [5, 5.41) is 1.43. The first-order valence-corrected chi connectivity index (χ1v) is 5.24. The Bertz CT molecular complexity index is 500. The Morgan fingerprint density at radius 3 is 2.40 bits per heavy atom. The zero-order chi connectivity index (χ0) is 10.8. The summed E-state index contributed by atoms with van der Waals surface area (Å²) in [5.74, 6) is 0. The van der Waals surface area contributed by atoms with E-state index in [4.69, 9.17) is 34.8 Å². The van der Waals surface area contributed by atoms with Crippen LogP contribution in [0.25, 0.3) is 11.3 Å².